The highest BCUT2D eigenvalue weighted by atomic mass is 33.1. The van der Waals surface area contributed by atoms with E-state index in [2.05, 4.69) is 42.5 Å². The lowest BCUT2D eigenvalue weighted by molar-refractivity contribution is -0.146. The van der Waals surface area contributed by atoms with Crippen molar-refractivity contribution >= 4 is 80.8 Å². The fourth-order valence-corrected chi connectivity index (χ4v) is 12.1. The third kappa shape index (κ3) is 20.6. The first-order chi connectivity index (χ1) is 35.1. The fourth-order valence-electron chi connectivity index (χ4n) is 9.77. The maximum absolute atomic E-state index is 14.5. The van der Waals surface area contributed by atoms with E-state index in [4.69, 9.17) is 9.47 Å². The van der Waals surface area contributed by atoms with Gasteiger partial charge >= 0.3 is 11.9 Å². The van der Waals surface area contributed by atoms with Gasteiger partial charge in [0, 0.05) is 11.5 Å². The van der Waals surface area contributed by atoms with E-state index >= 15 is 0 Å². The summed E-state index contributed by atoms with van der Waals surface area (Å²) < 4.78 is 9.93. The van der Waals surface area contributed by atoms with Gasteiger partial charge in [-0.1, -0.05) is 117 Å². The van der Waals surface area contributed by atoms with Crippen molar-refractivity contribution in [1.82, 2.24) is 42.5 Å². The summed E-state index contributed by atoms with van der Waals surface area (Å²) in [5.74, 6) is -9.54. The molecule has 8 N–H and O–H groups in total. The quantitative estimate of drug-likeness (QED) is 0.0439. The molecular formula is C53H88N8O12S2. The molecule has 22 heteroatoms. The largest absolute Gasteiger partial charge is 0.467 e. The normalized spacial score (nSPS) is 25.2. The Balaban J connectivity index is 2.13. The molecule has 0 spiro atoms. The number of hydrogen-bond donors (Lipinski definition) is 8. The molecule has 2 aliphatic carbocycles. The third-order valence-electron chi connectivity index (χ3n) is 13.3. The number of carbonyl (C=O) groups excluding carboxylic acids is 10. The van der Waals surface area contributed by atoms with Gasteiger partial charge in [0.2, 0.25) is 47.3 Å². The van der Waals surface area contributed by atoms with Crippen LogP contribution in [-0.4, -0.2) is 133 Å². The van der Waals surface area contributed by atoms with Gasteiger partial charge in [0.05, 0.1) is 26.1 Å². The molecule has 3 rings (SSSR count). The number of nitrogens with one attached hydrogen (secondary N) is 8. The SMILES string of the molecule is COC(=O)[C@H](CC(C)C)NC(=O)[C@H](CC(C)C)NC(=O)[C@@H]1CSSC[C@@H](C(=O)N[C@@H](CC(C)C)C(=O)N[C@@H](CC(C)C)C(=O)OC)NC(=O)[C@H](CC(C)C)NC(=O)[C@H]2[C@@H](C(=O)N[C@@H](CC(C)C)C(=O)N1)[C@H]1C=C[C@@H]2C1. The Kier molecular flexibility index (Phi) is 26.4. The summed E-state index contributed by atoms with van der Waals surface area (Å²) in [5, 5.41) is 22.6. The summed E-state index contributed by atoms with van der Waals surface area (Å²) in [7, 11) is 4.62. The first kappa shape index (κ1) is 64.4. The van der Waals surface area contributed by atoms with Crippen LogP contribution in [0, 0.1) is 59.2 Å². The van der Waals surface area contributed by atoms with Crippen LogP contribution >= 0.6 is 21.6 Å². The maximum Gasteiger partial charge on any atom is 0.328 e. The number of methoxy groups -OCH3 is 2. The zero-order valence-corrected chi connectivity index (χ0v) is 48.3. The highest BCUT2D eigenvalue weighted by Crippen LogP contribution is 2.48. The van der Waals surface area contributed by atoms with Gasteiger partial charge in [-0.25, -0.2) is 9.59 Å². The van der Waals surface area contributed by atoms with E-state index < -0.39 is 119 Å². The Morgan fingerprint density at radius 1 is 0.480 bits per heavy atom. The standard InChI is InChI=1S/C53H88N8O12S2/c1-26(2)17-34(44(62)58-38(21-30(9)10)52(70)72-13)54-48(66)40-24-74-75-25-41(49(67)55-35(18-27(3)4)45(63)59-39(22-31(11)12)53(71)73-14)61-47(65)37(20-29(7)8)57-51(69)43-33-16-15-32(23-33)42(43)50(68)56-36(19-28(5)6)46(64)60-40/h15-16,26-43H,17-25H2,1-14H3,(H,54,66)(H,55,67)(H,56,68)(H,57,69)(H,58,62)(H,59,63)(H,60,64)(H,61,65)/t32-,33+,34-,35-,36-,37-,38-,39-,40-,41-,42-,43+/m0/s1. The van der Waals surface area contributed by atoms with E-state index in [0.717, 1.165) is 21.6 Å². The topological polar surface area (TPSA) is 285 Å². The molecule has 20 nitrogen and oxygen atoms in total. The Morgan fingerprint density at radius 3 is 1.09 bits per heavy atom. The molecule has 0 unspecified atom stereocenters. The molecule has 8 amide bonds. The van der Waals surface area contributed by atoms with Gasteiger partial charge in [0.15, 0.2) is 0 Å². The molecule has 1 aliphatic heterocycles. The van der Waals surface area contributed by atoms with Crippen molar-refractivity contribution in [3.63, 3.8) is 0 Å². The molecule has 0 aromatic rings. The number of carbonyl (C=O) groups is 10. The minimum atomic E-state index is -1.33. The summed E-state index contributed by atoms with van der Waals surface area (Å²) in [5.41, 5.74) is 0. The van der Waals surface area contributed by atoms with Gasteiger partial charge in [-0.3, -0.25) is 38.4 Å². The minimum absolute atomic E-state index is 0.00821. The van der Waals surface area contributed by atoms with Crippen LogP contribution in [0.1, 0.15) is 128 Å². The van der Waals surface area contributed by atoms with Crippen LogP contribution in [0.25, 0.3) is 0 Å². The molecule has 1 saturated carbocycles. The van der Waals surface area contributed by atoms with Crippen LogP contribution in [0.4, 0.5) is 0 Å². The van der Waals surface area contributed by atoms with Crippen LogP contribution < -0.4 is 42.5 Å². The van der Waals surface area contributed by atoms with E-state index in [0.29, 0.717) is 6.42 Å². The average molecular weight is 1090 g/mol. The minimum Gasteiger partial charge on any atom is -0.467 e. The molecule has 2 bridgehead atoms. The average Bonchev–Trinajstić information content (AvgIpc) is 3.94. The monoisotopic (exact) mass is 1090 g/mol. The van der Waals surface area contributed by atoms with E-state index in [1.807, 2.05) is 95.2 Å². The van der Waals surface area contributed by atoms with Gasteiger partial charge < -0.3 is 52.0 Å². The molecule has 1 saturated heterocycles. The van der Waals surface area contributed by atoms with Crippen molar-refractivity contribution in [2.24, 2.45) is 59.2 Å². The molecule has 75 heavy (non-hydrogen) atoms. The van der Waals surface area contributed by atoms with Crippen molar-refractivity contribution < 1.29 is 57.4 Å². The fraction of sp³-hybridized carbons (Fsp3) is 0.774. The van der Waals surface area contributed by atoms with Crippen molar-refractivity contribution in [2.75, 3.05) is 25.7 Å². The summed E-state index contributed by atoms with van der Waals surface area (Å²) >= 11 is 0. The first-order valence-corrected chi connectivity index (χ1v) is 29.2. The second-order valence-corrected chi connectivity index (χ2v) is 25.4. The number of amides is 8. The summed E-state index contributed by atoms with van der Waals surface area (Å²) in [6, 6.07) is -9.21. The first-order valence-electron chi connectivity index (χ1n) is 26.7. The smallest absolute Gasteiger partial charge is 0.328 e. The number of ether oxygens (including phenoxy) is 2. The van der Waals surface area contributed by atoms with Crippen molar-refractivity contribution in [3.8, 4) is 0 Å². The molecule has 1 heterocycles. The summed E-state index contributed by atoms with van der Waals surface area (Å²) in [6.07, 6.45) is 5.53. The Morgan fingerprint density at radius 2 is 0.800 bits per heavy atom. The lowest BCUT2D eigenvalue weighted by Crippen LogP contribution is -2.60. The molecule has 12 atom stereocenters. The molecule has 3 aliphatic rings. The Labute approximate surface area is 452 Å². The number of fused-ring (bicyclic) bond motifs is 5. The predicted octanol–water partition coefficient (Wildman–Crippen LogP) is 3.32. The van der Waals surface area contributed by atoms with Crippen LogP contribution in [0.15, 0.2) is 12.2 Å². The van der Waals surface area contributed by atoms with Crippen molar-refractivity contribution in [1.29, 1.82) is 0 Å². The predicted molar refractivity (Wildman–Crippen MR) is 289 cm³/mol. The second kappa shape index (κ2) is 30.8. The zero-order chi connectivity index (χ0) is 56.4. The number of hydrogen-bond acceptors (Lipinski definition) is 14. The lowest BCUT2D eigenvalue weighted by Gasteiger charge is -2.31. The van der Waals surface area contributed by atoms with Crippen LogP contribution in [0.3, 0.4) is 0 Å². The number of rotatable bonds is 22. The van der Waals surface area contributed by atoms with Gasteiger partial charge in [0.25, 0.3) is 0 Å². The third-order valence-corrected chi connectivity index (χ3v) is 15.7. The van der Waals surface area contributed by atoms with Crippen molar-refractivity contribution in [3.05, 3.63) is 12.2 Å². The highest BCUT2D eigenvalue weighted by molar-refractivity contribution is 8.76. The molecule has 2 fully saturated rings. The molecular weight excluding hydrogens is 1000 g/mol. The summed E-state index contributed by atoms with van der Waals surface area (Å²) in [4.78, 5) is 140. The highest BCUT2D eigenvalue weighted by Gasteiger charge is 2.52. The van der Waals surface area contributed by atoms with E-state index in [-0.39, 0.29) is 97.4 Å². The molecule has 0 aromatic carbocycles. The van der Waals surface area contributed by atoms with E-state index in [1.165, 1.54) is 14.2 Å². The summed E-state index contributed by atoms with van der Waals surface area (Å²) in [6.45, 7) is 22.5. The van der Waals surface area contributed by atoms with Gasteiger partial charge in [-0.05, 0) is 92.3 Å². The van der Waals surface area contributed by atoms with Gasteiger partial charge in [-0.2, -0.15) is 0 Å². The molecule has 0 radical (unpaired) electrons. The number of esters is 2. The zero-order valence-electron chi connectivity index (χ0n) is 46.6. The second-order valence-electron chi connectivity index (χ2n) is 22.9. The van der Waals surface area contributed by atoms with Gasteiger partial charge in [-0.15, -0.1) is 0 Å². The maximum atomic E-state index is 14.5. The van der Waals surface area contributed by atoms with Crippen LogP contribution in [0.2, 0.25) is 0 Å². The van der Waals surface area contributed by atoms with E-state index in [9.17, 15) is 47.9 Å². The van der Waals surface area contributed by atoms with Crippen LogP contribution in [-0.2, 0) is 57.4 Å². The Hall–Kier alpha value is -4.86. The van der Waals surface area contributed by atoms with Crippen LogP contribution in [0.5, 0.6) is 0 Å². The lowest BCUT2D eigenvalue weighted by atomic mass is 9.81. The Bertz CT molecular complexity index is 1900. The van der Waals surface area contributed by atoms with Gasteiger partial charge in [0.1, 0.15) is 48.3 Å². The van der Waals surface area contributed by atoms with E-state index in [1.54, 1.807) is 0 Å². The molecule has 0 aromatic heterocycles. The van der Waals surface area contributed by atoms with Crippen molar-refractivity contribution in [2.45, 2.75) is 176 Å². The molecule has 424 valence electrons. The number of allylic oxidation sites excluding steroid dienone is 2.